The summed E-state index contributed by atoms with van der Waals surface area (Å²) in [4.78, 5) is 17.0. The van der Waals surface area contributed by atoms with E-state index in [0.717, 1.165) is 11.1 Å². The Morgan fingerprint density at radius 2 is 1.86 bits per heavy atom. The van der Waals surface area contributed by atoms with Crippen LogP contribution in [-0.4, -0.2) is 40.6 Å². The maximum absolute atomic E-state index is 12.9. The fraction of sp³-hybridized carbons (Fsp3) is 0.250. The number of carbonyl (C=O) groups is 1. The lowest BCUT2D eigenvalue weighted by atomic mass is 10.0. The predicted octanol–water partition coefficient (Wildman–Crippen LogP) is 2.48. The Balaban J connectivity index is 1.91. The molecule has 1 N–H and O–H groups in total. The third-order valence-corrected chi connectivity index (χ3v) is 6.24. The summed E-state index contributed by atoms with van der Waals surface area (Å²) in [6.45, 7) is 3.54. The van der Waals surface area contributed by atoms with Gasteiger partial charge in [-0.3, -0.25) is 9.78 Å². The summed E-state index contributed by atoms with van der Waals surface area (Å²) in [7, 11) is -3.38. The minimum Gasteiger partial charge on any atom is -0.343 e. The molecule has 28 heavy (non-hydrogen) atoms. The second-order valence-electron chi connectivity index (χ2n) is 6.75. The summed E-state index contributed by atoms with van der Waals surface area (Å²) < 4.78 is 25.9. The molecule has 0 saturated carbocycles. The molecule has 2 aromatic heterocycles. The lowest BCUT2D eigenvalue weighted by molar-refractivity contribution is 0.0931. The number of rotatable bonds is 6. The average Bonchev–Trinajstić information content (AvgIpc) is 3.20. The molecule has 0 saturated heterocycles. The molecule has 0 aliphatic carbocycles. The van der Waals surface area contributed by atoms with Gasteiger partial charge < -0.3 is 5.32 Å². The van der Waals surface area contributed by atoms with Crippen molar-refractivity contribution < 1.29 is 13.2 Å². The molecule has 1 amide bonds. The first kappa shape index (κ1) is 19.8. The molecule has 7 nitrogen and oxygen atoms in total. The predicted molar refractivity (Wildman–Crippen MR) is 107 cm³/mol. The SMILES string of the molecule is Cc1ccc([C@H](NC(=O)c2cc(-n3cccn3)ccn2)[C@H](C)S(C)(=O)=O)cc1. The molecular weight excluding hydrogens is 376 g/mol. The summed E-state index contributed by atoms with van der Waals surface area (Å²) in [5.41, 5.74) is 2.65. The summed E-state index contributed by atoms with van der Waals surface area (Å²) >= 11 is 0. The third kappa shape index (κ3) is 4.45. The highest BCUT2D eigenvalue weighted by Gasteiger charge is 2.29. The van der Waals surface area contributed by atoms with E-state index in [9.17, 15) is 13.2 Å². The number of hydrogen-bond acceptors (Lipinski definition) is 5. The van der Waals surface area contributed by atoms with Crippen LogP contribution in [0.3, 0.4) is 0 Å². The van der Waals surface area contributed by atoms with Gasteiger partial charge in [-0.25, -0.2) is 13.1 Å². The van der Waals surface area contributed by atoms with Crippen molar-refractivity contribution in [2.24, 2.45) is 0 Å². The molecular formula is C20H22N4O3S. The number of nitrogens with zero attached hydrogens (tertiary/aromatic N) is 3. The zero-order valence-corrected chi connectivity index (χ0v) is 16.7. The van der Waals surface area contributed by atoms with Crippen molar-refractivity contribution in [3.05, 3.63) is 77.9 Å². The van der Waals surface area contributed by atoms with E-state index in [0.29, 0.717) is 5.69 Å². The Bertz CT molecular complexity index is 1060. The smallest absolute Gasteiger partial charge is 0.270 e. The summed E-state index contributed by atoms with van der Waals surface area (Å²) in [6.07, 6.45) is 6.09. The Kier molecular flexibility index (Phi) is 5.60. The van der Waals surface area contributed by atoms with Gasteiger partial charge in [-0.05, 0) is 37.6 Å². The van der Waals surface area contributed by atoms with Gasteiger partial charge in [-0.15, -0.1) is 0 Å². The fourth-order valence-electron chi connectivity index (χ4n) is 2.82. The molecule has 0 aliphatic rings. The molecule has 146 valence electrons. The van der Waals surface area contributed by atoms with Crippen molar-refractivity contribution in [2.75, 3.05) is 6.26 Å². The largest absolute Gasteiger partial charge is 0.343 e. The standard InChI is InChI=1S/C20H22N4O3S/c1-14-5-7-16(8-6-14)19(15(2)28(3,26)27)23-20(25)18-13-17(9-11-21-18)24-12-4-10-22-24/h4-13,15,19H,1-3H3,(H,23,25)/t15-,19+/m0/s1. The number of carbonyl (C=O) groups excluding carboxylic acids is 1. The highest BCUT2D eigenvalue weighted by atomic mass is 32.2. The average molecular weight is 398 g/mol. The van der Waals surface area contributed by atoms with Gasteiger partial charge in [0, 0.05) is 24.8 Å². The minimum atomic E-state index is -3.38. The molecule has 0 radical (unpaired) electrons. The first-order chi connectivity index (χ1) is 13.3. The van der Waals surface area contributed by atoms with Gasteiger partial charge in [0.2, 0.25) is 0 Å². The van der Waals surface area contributed by atoms with Crippen LogP contribution in [0.5, 0.6) is 0 Å². The fourth-order valence-corrected chi connectivity index (χ4v) is 3.54. The number of benzene rings is 1. The third-order valence-electron chi connectivity index (χ3n) is 4.61. The van der Waals surface area contributed by atoms with Gasteiger partial charge in [0.15, 0.2) is 9.84 Å². The van der Waals surface area contributed by atoms with Crippen LogP contribution in [0, 0.1) is 6.92 Å². The zero-order valence-electron chi connectivity index (χ0n) is 15.9. The number of aromatic nitrogens is 3. The van der Waals surface area contributed by atoms with Crippen LogP contribution in [0.15, 0.2) is 61.1 Å². The minimum absolute atomic E-state index is 0.186. The molecule has 0 spiro atoms. The monoisotopic (exact) mass is 398 g/mol. The molecule has 0 aliphatic heterocycles. The second kappa shape index (κ2) is 7.93. The maximum Gasteiger partial charge on any atom is 0.270 e. The van der Waals surface area contributed by atoms with Crippen LogP contribution in [-0.2, 0) is 9.84 Å². The highest BCUT2D eigenvalue weighted by molar-refractivity contribution is 7.91. The number of pyridine rings is 1. The lowest BCUT2D eigenvalue weighted by Gasteiger charge is -2.24. The molecule has 2 heterocycles. The van der Waals surface area contributed by atoms with Crippen molar-refractivity contribution >= 4 is 15.7 Å². The molecule has 2 atom stereocenters. The van der Waals surface area contributed by atoms with Crippen molar-refractivity contribution in [3.8, 4) is 5.69 Å². The van der Waals surface area contributed by atoms with Crippen molar-refractivity contribution in [2.45, 2.75) is 25.1 Å². The Hall–Kier alpha value is -3.00. The van der Waals surface area contributed by atoms with Crippen molar-refractivity contribution in [3.63, 3.8) is 0 Å². The van der Waals surface area contributed by atoms with Crippen LogP contribution in [0.25, 0.3) is 5.69 Å². The van der Waals surface area contributed by atoms with Gasteiger partial charge in [0.1, 0.15) is 5.69 Å². The molecule has 1 aromatic carbocycles. The van der Waals surface area contributed by atoms with E-state index in [4.69, 9.17) is 0 Å². The first-order valence-electron chi connectivity index (χ1n) is 8.78. The van der Waals surface area contributed by atoms with E-state index in [-0.39, 0.29) is 5.69 Å². The van der Waals surface area contributed by atoms with Gasteiger partial charge >= 0.3 is 0 Å². The zero-order chi connectivity index (χ0) is 20.3. The van der Waals surface area contributed by atoms with Crippen LogP contribution < -0.4 is 5.32 Å². The quantitative estimate of drug-likeness (QED) is 0.688. The highest BCUT2D eigenvalue weighted by Crippen LogP contribution is 2.23. The van der Waals surface area contributed by atoms with Crippen molar-refractivity contribution in [1.82, 2.24) is 20.1 Å². The van der Waals surface area contributed by atoms with E-state index < -0.39 is 27.0 Å². The van der Waals surface area contributed by atoms with E-state index in [1.165, 1.54) is 12.5 Å². The molecule has 0 unspecified atom stereocenters. The number of amides is 1. The topological polar surface area (TPSA) is 93.9 Å². The molecule has 3 aromatic rings. The Morgan fingerprint density at radius 3 is 2.46 bits per heavy atom. The molecule has 0 bridgehead atoms. The summed E-state index contributed by atoms with van der Waals surface area (Å²) in [5, 5.41) is 6.18. The second-order valence-corrected chi connectivity index (χ2v) is 9.15. The number of aryl methyl sites for hydroxylation is 1. The van der Waals surface area contributed by atoms with Gasteiger partial charge in [-0.2, -0.15) is 5.10 Å². The number of sulfone groups is 1. The molecule has 3 rings (SSSR count). The van der Waals surface area contributed by atoms with Crippen LogP contribution in [0.2, 0.25) is 0 Å². The molecule has 8 heteroatoms. The number of nitrogens with one attached hydrogen (secondary N) is 1. The first-order valence-corrected chi connectivity index (χ1v) is 10.7. The van der Waals surface area contributed by atoms with Gasteiger partial charge in [0.05, 0.1) is 17.0 Å². The number of hydrogen-bond donors (Lipinski definition) is 1. The Labute approximate surface area is 164 Å². The van der Waals surface area contributed by atoms with Crippen LogP contribution in [0.4, 0.5) is 0 Å². The van der Waals surface area contributed by atoms with Crippen LogP contribution in [0.1, 0.15) is 34.6 Å². The van der Waals surface area contributed by atoms with E-state index in [2.05, 4.69) is 15.4 Å². The van der Waals surface area contributed by atoms with E-state index in [1.807, 2.05) is 31.2 Å². The summed E-state index contributed by atoms with van der Waals surface area (Å²) in [6, 6.07) is 11.9. The summed E-state index contributed by atoms with van der Waals surface area (Å²) in [5.74, 6) is -0.449. The lowest BCUT2D eigenvalue weighted by Crippen LogP contribution is -2.38. The van der Waals surface area contributed by atoms with Crippen molar-refractivity contribution in [1.29, 1.82) is 0 Å². The van der Waals surface area contributed by atoms with Gasteiger partial charge in [-0.1, -0.05) is 29.8 Å². The van der Waals surface area contributed by atoms with Gasteiger partial charge in [0.25, 0.3) is 5.91 Å². The van der Waals surface area contributed by atoms with Crippen LogP contribution >= 0.6 is 0 Å². The molecule has 0 fully saturated rings. The Morgan fingerprint density at radius 1 is 1.14 bits per heavy atom. The normalized spacial score (nSPS) is 13.7. The van der Waals surface area contributed by atoms with E-state index in [1.54, 1.807) is 42.2 Å². The maximum atomic E-state index is 12.9. The van der Waals surface area contributed by atoms with E-state index >= 15 is 0 Å².